The Morgan fingerprint density at radius 1 is 1.13 bits per heavy atom. The Bertz CT molecular complexity index is 1240. The molecule has 3 aliphatic rings. The van der Waals surface area contributed by atoms with Gasteiger partial charge in [0.25, 0.3) is 0 Å². The van der Waals surface area contributed by atoms with Crippen molar-refractivity contribution in [2.75, 3.05) is 10.2 Å². The molecule has 0 saturated carbocycles. The fourth-order valence-electron chi connectivity index (χ4n) is 4.86. The second-order valence-electron chi connectivity index (χ2n) is 7.54. The number of hydrogen-bond donors (Lipinski definition) is 2. The van der Waals surface area contributed by atoms with Gasteiger partial charge in [-0.15, -0.1) is 0 Å². The second-order valence-corrected chi connectivity index (χ2v) is 7.54. The van der Waals surface area contributed by atoms with E-state index in [1.807, 2.05) is 0 Å². The number of fused-ring (bicyclic) bond motifs is 3. The quantitative estimate of drug-likeness (QED) is 0.766. The van der Waals surface area contributed by atoms with Crippen LogP contribution in [0.3, 0.4) is 0 Å². The van der Waals surface area contributed by atoms with Gasteiger partial charge in [0.05, 0.1) is 11.3 Å². The first kappa shape index (κ1) is 18.1. The van der Waals surface area contributed by atoms with E-state index in [4.69, 9.17) is 5.73 Å². The molecule has 30 heavy (non-hydrogen) atoms. The molecule has 1 aliphatic carbocycles. The standard InChI is InChI=1S/C23H17FN4O2/c24-13-5-3-6-14(11-13)28-18-9-4-10-19(29)20(18)23(16(12-25)21(28)26)15-7-1-2-8-17(15)27-22(23)30/h1-3,5-8,11H,4,9-10,26H2,(H,27,30)/t23-/m1/s1. The van der Waals surface area contributed by atoms with Crippen molar-refractivity contribution in [1.82, 2.24) is 0 Å². The minimum Gasteiger partial charge on any atom is -0.384 e. The van der Waals surface area contributed by atoms with Crippen molar-refractivity contribution in [3.63, 3.8) is 0 Å². The highest BCUT2D eigenvalue weighted by atomic mass is 19.1. The van der Waals surface area contributed by atoms with Crippen LogP contribution in [0.25, 0.3) is 0 Å². The number of para-hydroxylation sites is 1. The summed E-state index contributed by atoms with van der Waals surface area (Å²) in [6.45, 7) is 0. The lowest BCUT2D eigenvalue weighted by molar-refractivity contribution is -0.122. The van der Waals surface area contributed by atoms with Gasteiger partial charge in [0.2, 0.25) is 5.91 Å². The van der Waals surface area contributed by atoms with Gasteiger partial charge in [-0.3, -0.25) is 14.5 Å². The summed E-state index contributed by atoms with van der Waals surface area (Å²) in [7, 11) is 0. The van der Waals surface area contributed by atoms with Gasteiger partial charge in [-0.05, 0) is 37.1 Å². The molecule has 5 rings (SSSR count). The molecule has 2 aromatic carbocycles. The molecule has 2 heterocycles. The molecular formula is C23H17FN4O2. The van der Waals surface area contributed by atoms with Gasteiger partial charge in [-0.25, -0.2) is 4.39 Å². The molecule has 3 N–H and O–H groups in total. The normalized spacial score (nSPS) is 22.7. The van der Waals surface area contributed by atoms with Crippen LogP contribution in [0.5, 0.6) is 0 Å². The lowest BCUT2D eigenvalue weighted by Crippen LogP contribution is -2.50. The van der Waals surface area contributed by atoms with Crippen LogP contribution in [0.4, 0.5) is 15.8 Å². The number of anilines is 2. The van der Waals surface area contributed by atoms with Crippen LogP contribution in [-0.4, -0.2) is 11.7 Å². The van der Waals surface area contributed by atoms with E-state index in [0.717, 1.165) is 0 Å². The number of rotatable bonds is 1. The molecule has 2 aliphatic heterocycles. The van der Waals surface area contributed by atoms with E-state index >= 15 is 0 Å². The number of carbonyl (C=O) groups is 2. The van der Waals surface area contributed by atoms with Gasteiger partial charge in [0, 0.05) is 28.9 Å². The molecule has 0 aromatic heterocycles. The molecule has 2 aromatic rings. The zero-order chi connectivity index (χ0) is 21.0. The summed E-state index contributed by atoms with van der Waals surface area (Å²) in [6, 6.07) is 14.9. The van der Waals surface area contributed by atoms with Crippen LogP contribution in [0.2, 0.25) is 0 Å². The van der Waals surface area contributed by atoms with Crippen molar-refractivity contribution >= 4 is 23.1 Å². The number of nitrogens with zero attached hydrogens (tertiary/aromatic N) is 2. The third-order valence-corrected chi connectivity index (χ3v) is 6.00. The number of amides is 1. The summed E-state index contributed by atoms with van der Waals surface area (Å²) in [5.74, 6) is -1.11. The zero-order valence-electron chi connectivity index (χ0n) is 15.9. The number of allylic oxidation sites excluding steroid dienone is 1. The molecule has 0 bridgehead atoms. The number of halogens is 1. The van der Waals surface area contributed by atoms with Crippen molar-refractivity contribution in [2.24, 2.45) is 5.73 Å². The van der Waals surface area contributed by atoms with E-state index in [2.05, 4.69) is 11.4 Å². The van der Waals surface area contributed by atoms with Crippen molar-refractivity contribution in [1.29, 1.82) is 5.26 Å². The summed E-state index contributed by atoms with van der Waals surface area (Å²) in [5, 5.41) is 12.9. The highest BCUT2D eigenvalue weighted by Crippen LogP contribution is 2.54. The highest BCUT2D eigenvalue weighted by molar-refractivity contribution is 6.19. The number of hydrogen-bond acceptors (Lipinski definition) is 5. The van der Waals surface area contributed by atoms with Crippen LogP contribution in [-0.2, 0) is 15.0 Å². The zero-order valence-corrected chi connectivity index (χ0v) is 15.9. The molecule has 0 fully saturated rings. The van der Waals surface area contributed by atoms with Crippen LogP contribution >= 0.6 is 0 Å². The second kappa shape index (κ2) is 6.29. The van der Waals surface area contributed by atoms with Gasteiger partial charge < -0.3 is 11.1 Å². The van der Waals surface area contributed by atoms with Crippen LogP contribution in [0.15, 0.2) is 71.2 Å². The average Bonchev–Trinajstić information content (AvgIpc) is 3.01. The van der Waals surface area contributed by atoms with E-state index < -0.39 is 17.1 Å². The lowest BCUT2D eigenvalue weighted by Gasteiger charge is -2.43. The van der Waals surface area contributed by atoms with Crippen LogP contribution < -0.4 is 16.0 Å². The van der Waals surface area contributed by atoms with E-state index in [1.54, 1.807) is 35.2 Å². The first-order valence-electron chi connectivity index (χ1n) is 9.64. The average molecular weight is 400 g/mol. The highest BCUT2D eigenvalue weighted by Gasteiger charge is 2.59. The van der Waals surface area contributed by atoms with E-state index in [1.165, 1.54) is 18.2 Å². The van der Waals surface area contributed by atoms with Gasteiger partial charge in [0.1, 0.15) is 23.1 Å². The molecule has 1 atom stereocenters. The van der Waals surface area contributed by atoms with E-state index in [0.29, 0.717) is 35.5 Å². The summed E-state index contributed by atoms with van der Waals surface area (Å²) < 4.78 is 14.0. The van der Waals surface area contributed by atoms with Crippen molar-refractivity contribution in [3.8, 4) is 6.07 Å². The SMILES string of the molecule is N#CC1=C(N)N(c2cccc(F)c2)C2=C(C(=O)CCC2)[C@]12C(=O)Nc1ccccc12. The molecule has 0 radical (unpaired) electrons. The smallest absolute Gasteiger partial charge is 0.245 e. The maximum atomic E-state index is 14.0. The fraction of sp³-hybridized carbons (Fsp3) is 0.174. The maximum absolute atomic E-state index is 14.0. The molecule has 0 unspecified atom stereocenters. The predicted octanol–water partition coefficient (Wildman–Crippen LogP) is 3.24. The summed E-state index contributed by atoms with van der Waals surface area (Å²) in [4.78, 5) is 28.2. The minimum atomic E-state index is -1.59. The molecular weight excluding hydrogens is 383 g/mol. The van der Waals surface area contributed by atoms with Gasteiger partial charge in [-0.2, -0.15) is 5.26 Å². The molecule has 148 valence electrons. The summed E-state index contributed by atoms with van der Waals surface area (Å²) >= 11 is 0. The van der Waals surface area contributed by atoms with Crippen molar-refractivity contribution in [3.05, 3.63) is 82.6 Å². The Kier molecular flexibility index (Phi) is 3.80. The maximum Gasteiger partial charge on any atom is 0.245 e. The third-order valence-electron chi connectivity index (χ3n) is 6.00. The Labute approximate surface area is 172 Å². The summed E-state index contributed by atoms with van der Waals surface area (Å²) in [5.41, 5.74) is 7.15. The fourth-order valence-corrected chi connectivity index (χ4v) is 4.86. The Hall–Kier alpha value is -3.92. The topological polar surface area (TPSA) is 99.2 Å². The molecule has 7 heteroatoms. The van der Waals surface area contributed by atoms with E-state index in [9.17, 15) is 19.2 Å². The molecule has 1 spiro atoms. The van der Waals surface area contributed by atoms with Crippen molar-refractivity contribution < 1.29 is 14.0 Å². The van der Waals surface area contributed by atoms with Crippen molar-refractivity contribution in [2.45, 2.75) is 24.7 Å². The first-order chi connectivity index (χ1) is 14.5. The molecule has 6 nitrogen and oxygen atoms in total. The van der Waals surface area contributed by atoms with Gasteiger partial charge >= 0.3 is 0 Å². The third kappa shape index (κ3) is 2.16. The number of nitrogens with one attached hydrogen (secondary N) is 1. The van der Waals surface area contributed by atoms with Crippen LogP contribution in [0, 0.1) is 17.1 Å². The number of nitrogens with two attached hydrogens (primary N) is 1. The van der Waals surface area contributed by atoms with Crippen LogP contribution in [0.1, 0.15) is 24.8 Å². The lowest BCUT2D eigenvalue weighted by atomic mass is 9.64. The summed E-state index contributed by atoms with van der Waals surface area (Å²) in [6.07, 6.45) is 1.33. The largest absolute Gasteiger partial charge is 0.384 e. The number of carbonyl (C=O) groups excluding carboxylic acids is 2. The number of benzene rings is 2. The monoisotopic (exact) mass is 400 g/mol. The number of nitriles is 1. The Morgan fingerprint density at radius 3 is 2.70 bits per heavy atom. The number of ketones is 1. The number of Topliss-reactive ketones (excluding diaryl/α,β-unsaturated/α-hetero) is 1. The first-order valence-corrected chi connectivity index (χ1v) is 9.64. The minimum absolute atomic E-state index is 0.0248. The van der Waals surface area contributed by atoms with Gasteiger partial charge in [-0.1, -0.05) is 24.3 Å². The Balaban J connectivity index is 1.89. The Morgan fingerprint density at radius 2 is 1.93 bits per heavy atom. The predicted molar refractivity (Wildman–Crippen MR) is 108 cm³/mol. The van der Waals surface area contributed by atoms with E-state index in [-0.39, 0.29) is 29.2 Å². The molecule has 1 amide bonds. The molecule has 0 saturated heterocycles. The van der Waals surface area contributed by atoms with Gasteiger partial charge in [0.15, 0.2) is 5.78 Å².